The second kappa shape index (κ2) is 9.53. The number of ether oxygens (including phenoxy) is 2. The fourth-order valence-corrected chi connectivity index (χ4v) is 2.07. The summed E-state index contributed by atoms with van der Waals surface area (Å²) in [6.07, 6.45) is 0. The van der Waals surface area contributed by atoms with Crippen LogP contribution in [-0.2, 0) is 15.1 Å². The number of hydrogen-bond acceptors (Lipinski definition) is 4. The standard InChI is InChI=1S/C18H30N2O3/c1-14(2)13-23-16-8-6-15(7-9-16)18(3,4)20-17(21)12-19-10-11-22-5/h6-9,14,19H,10-13H2,1-5H3,(H,20,21). The quantitative estimate of drug-likeness (QED) is 0.649. The van der Waals surface area contributed by atoms with Crippen molar-refractivity contribution in [2.45, 2.75) is 33.2 Å². The lowest BCUT2D eigenvalue weighted by molar-refractivity contribution is -0.121. The molecule has 1 amide bonds. The average Bonchev–Trinajstić information content (AvgIpc) is 2.49. The van der Waals surface area contributed by atoms with Crippen LogP contribution in [0.1, 0.15) is 33.3 Å². The fraction of sp³-hybridized carbons (Fsp3) is 0.611. The van der Waals surface area contributed by atoms with Crippen molar-refractivity contribution in [3.63, 3.8) is 0 Å². The van der Waals surface area contributed by atoms with Crippen LogP contribution < -0.4 is 15.4 Å². The molecule has 0 saturated heterocycles. The monoisotopic (exact) mass is 322 g/mol. The maximum Gasteiger partial charge on any atom is 0.234 e. The predicted molar refractivity (Wildman–Crippen MR) is 92.7 cm³/mol. The normalized spacial score (nSPS) is 11.6. The van der Waals surface area contributed by atoms with Crippen LogP contribution in [0.2, 0.25) is 0 Å². The number of benzene rings is 1. The van der Waals surface area contributed by atoms with E-state index >= 15 is 0 Å². The number of nitrogens with one attached hydrogen (secondary N) is 2. The van der Waals surface area contributed by atoms with Crippen LogP contribution >= 0.6 is 0 Å². The molecule has 0 aromatic heterocycles. The summed E-state index contributed by atoms with van der Waals surface area (Å²) in [4.78, 5) is 12.0. The van der Waals surface area contributed by atoms with E-state index in [9.17, 15) is 4.79 Å². The molecule has 0 bridgehead atoms. The molecule has 0 aliphatic carbocycles. The molecule has 0 fully saturated rings. The summed E-state index contributed by atoms with van der Waals surface area (Å²) >= 11 is 0. The molecule has 1 aromatic carbocycles. The Labute approximate surface area is 139 Å². The summed E-state index contributed by atoms with van der Waals surface area (Å²) < 4.78 is 10.6. The van der Waals surface area contributed by atoms with Crippen molar-refractivity contribution in [2.24, 2.45) is 5.92 Å². The van der Waals surface area contributed by atoms with E-state index in [1.165, 1.54) is 0 Å². The van der Waals surface area contributed by atoms with E-state index in [2.05, 4.69) is 24.5 Å². The largest absolute Gasteiger partial charge is 0.493 e. The molecule has 1 aromatic rings. The fourth-order valence-electron chi connectivity index (χ4n) is 2.07. The number of hydrogen-bond donors (Lipinski definition) is 2. The molecule has 0 aliphatic heterocycles. The smallest absolute Gasteiger partial charge is 0.234 e. The highest BCUT2D eigenvalue weighted by Crippen LogP contribution is 2.23. The maximum atomic E-state index is 12.0. The van der Waals surface area contributed by atoms with Gasteiger partial charge in [-0.3, -0.25) is 4.79 Å². The van der Waals surface area contributed by atoms with Crippen LogP contribution in [-0.4, -0.2) is 39.3 Å². The van der Waals surface area contributed by atoms with Gasteiger partial charge in [0, 0.05) is 13.7 Å². The summed E-state index contributed by atoms with van der Waals surface area (Å²) in [5.41, 5.74) is 0.607. The molecule has 0 radical (unpaired) electrons. The minimum absolute atomic E-state index is 0.0359. The van der Waals surface area contributed by atoms with E-state index in [0.29, 0.717) is 25.7 Å². The van der Waals surface area contributed by atoms with Crippen LogP contribution in [0.3, 0.4) is 0 Å². The summed E-state index contributed by atoms with van der Waals surface area (Å²) in [6, 6.07) is 7.88. The minimum Gasteiger partial charge on any atom is -0.493 e. The van der Waals surface area contributed by atoms with Gasteiger partial charge in [0.2, 0.25) is 5.91 Å². The van der Waals surface area contributed by atoms with Crippen LogP contribution in [0.15, 0.2) is 24.3 Å². The van der Waals surface area contributed by atoms with Crippen molar-refractivity contribution in [3.8, 4) is 5.75 Å². The number of carbonyl (C=O) groups is 1. The third-order valence-corrected chi connectivity index (χ3v) is 3.38. The molecular weight excluding hydrogens is 292 g/mol. The van der Waals surface area contributed by atoms with E-state index in [-0.39, 0.29) is 12.5 Å². The van der Waals surface area contributed by atoms with Gasteiger partial charge in [0.1, 0.15) is 5.75 Å². The lowest BCUT2D eigenvalue weighted by atomic mass is 9.94. The van der Waals surface area contributed by atoms with E-state index in [1.807, 2.05) is 38.1 Å². The zero-order valence-corrected chi connectivity index (χ0v) is 14.9. The summed E-state index contributed by atoms with van der Waals surface area (Å²) in [5, 5.41) is 6.08. The first-order valence-electron chi connectivity index (χ1n) is 8.09. The van der Waals surface area contributed by atoms with E-state index in [4.69, 9.17) is 9.47 Å². The van der Waals surface area contributed by atoms with Crippen molar-refractivity contribution < 1.29 is 14.3 Å². The van der Waals surface area contributed by atoms with Crippen molar-refractivity contribution >= 4 is 5.91 Å². The van der Waals surface area contributed by atoms with Gasteiger partial charge in [0.25, 0.3) is 0 Å². The van der Waals surface area contributed by atoms with Crippen molar-refractivity contribution in [1.82, 2.24) is 10.6 Å². The van der Waals surface area contributed by atoms with Gasteiger partial charge in [-0.05, 0) is 37.5 Å². The van der Waals surface area contributed by atoms with Crippen molar-refractivity contribution in [3.05, 3.63) is 29.8 Å². The lowest BCUT2D eigenvalue weighted by Crippen LogP contribution is -2.45. The van der Waals surface area contributed by atoms with Crippen molar-refractivity contribution in [1.29, 1.82) is 0 Å². The molecule has 2 N–H and O–H groups in total. The molecule has 0 heterocycles. The van der Waals surface area contributed by atoms with Gasteiger partial charge in [-0.1, -0.05) is 26.0 Å². The van der Waals surface area contributed by atoms with Crippen LogP contribution in [0.25, 0.3) is 0 Å². The SMILES string of the molecule is COCCNCC(=O)NC(C)(C)c1ccc(OCC(C)C)cc1. The number of carbonyl (C=O) groups excluding carboxylic acids is 1. The second-order valence-electron chi connectivity index (χ2n) is 6.57. The van der Waals surface area contributed by atoms with Gasteiger partial charge in [0.15, 0.2) is 0 Å². The Balaban J connectivity index is 2.53. The Kier molecular flexibility index (Phi) is 8.06. The predicted octanol–water partition coefficient (Wildman–Crippen LogP) is 2.31. The first-order valence-corrected chi connectivity index (χ1v) is 8.09. The third-order valence-electron chi connectivity index (χ3n) is 3.38. The summed E-state index contributed by atoms with van der Waals surface area (Å²) in [5.74, 6) is 1.31. The molecule has 0 unspecified atom stereocenters. The molecule has 0 aliphatic rings. The van der Waals surface area contributed by atoms with Crippen LogP contribution in [0.4, 0.5) is 0 Å². The van der Waals surface area contributed by atoms with Gasteiger partial charge in [0.05, 0.1) is 25.3 Å². The summed E-state index contributed by atoms with van der Waals surface area (Å²) in [6.45, 7) is 10.4. The zero-order chi connectivity index (χ0) is 17.3. The maximum absolute atomic E-state index is 12.0. The Morgan fingerprint density at radius 3 is 2.43 bits per heavy atom. The topological polar surface area (TPSA) is 59.6 Å². The van der Waals surface area contributed by atoms with E-state index in [1.54, 1.807) is 7.11 Å². The van der Waals surface area contributed by atoms with Gasteiger partial charge < -0.3 is 20.1 Å². The Morgan fingerprint density at radius 2 is 1.87 bits per heavy atom. The Hall–Kier alpha value is -1.59. The number of methoxy groups -OCH3 is 1. The molecular formula is C18H30N2O3. The average molecular weight is 322 g/mol. The van der Waals surface area contributed by atoms with Crippen LogP contribution in [0, 0.1) is 5.92 Å². The van der Waals surface area contributed by atoms with E-state index < -0.39 is 5.54 Å². The molecule has 1 rings (SSSR count). The first-order chi connectivity index (χ1) is 10.8. The zero-order valence-electron chi connectivity index (χ0n) is 14.9. The molecule has 23 heavy (non-hydrogen) atoms. The lowest BCUT2D eigenvalue weighted by Gasteiger charge is -2.27. The Bertz CT molecular complexity index is 470. The Morgan fingerprint density at radius 1 is 1.22 bits per heavy atom. The van der Waals surface area contributed by atoms with E-state index in [0.717, 1.165) is 11.3 Å². The molecule has 0 saturated carbocycles. The first kappa shape index (κ1) is 19.5. The van der Waals surface area contributed by atoms with Crippen molar-refractivity contribution in [2.75, 3.05) is 33.4 Å². The summed E-state index contributed by atoms with van der Waals surface area (Å²) in [7, 11) is 1.64. The van der Waals surface area contributed by atoms with Crippen LogP contribution in [0.5, 0.6) is 5.75 Å². The highest BCUT2D eigenvalue weighted by Gasteiger charge is 2.22. The third kappa shape index (κ3) is 7.48. The molecule has 5 nitrogen and oxygen atoms in total. The molecule has 0 spiro atoms. The minimum atomic E-state index is -0.434. The molecule has 5 heteroatoms. The highest BCUT2D eigenvalue weighted by atomic mass is 16.5. The second-order valence-corrected chi connectivity index (χ2v) is 6.57. The molecule has 130 valence electrons. The van der Waals surface area contributed by atoms with Gasteiger partial charge in [-0.15, -0.1) is 0 Å². The number of amides is 1. The van der Waals surface area contributed by atoms with Gasteiger partial charge >= 0.3 is 0 Å². The molecule has 0 atom stereocenters. The highest BCUT2D eigenvalue weighted by molar-refractivity contribution is 5.79. The number of rotatable bonds is 10. The van der Waals surface area contributed by atoms with Gasteiger partial charge in [-0.25, -0.2) is 0 Å². The van der Waals surface area contributed by atoms with Gasteiger partial charge in [-0.2, -0.15) is 0 Å².